The molecular weight excluding hydrogens is 388 g/mol. The van der Waals surface area contributed by atoms with Crippen LogP contribution in [0.25, 0.3) is 0 Å². The number of carboxylic acid groups (broad SMARTS) is 1. The van der Waals surface area contributed by atoms with Gasteiger partial charge in [0.15, 0.2) is 0 Å². The fourth-order valence-corrected chi connectivity index (χ4v) is 3.42. The van der Waals surface area contributed by atoms with E-state index in [-0.39, 0.29) is 43.6 Å². The lowest BCUT2D eigenvalue weighted by Crippen LogP contribution is -2.51. The maximum atomic E-state index is 12.5. The van der Waals surface area contributed by atoms with E-state index < -0.39 is 23.8 Å². The van der Waals surface area contributed by atoms with Crippen molar-refractivity contribution in [3.63, 3.8) is 0 Å². The third-order valence-corrected chi connectivity index (χ3v) is 5.21. The molecule has 0 spiro atoms. The van der Waals surface area contributed by atoms with E-state index in [1.807, 2.05) is 0 Å². The van der Waals surface area contributed by atoms with Gasteiger partial charge in [0.05, 0.1) is 43.2 Å². The van der Waals surface area contributed by atoms with Crippen LogP contribution in [0.2, 0.25) is 20.1 Å². The number of hydrogen-bond donors (Lipinski definition) is 0. The molecule has 23 heavy (non-hydrogen) atoms. The zero-order chi connectivity index (χ0) is 17.6. The molecule has 1 aliphatic heterocycles. The first-order valence-electron chi connectivity index (χ1n) is 6.54. The first-order valence-corrected chi connectivity index (χ1v) is 8.05. The van der Waals surface area contributed by atoms with Gasteiger partial charge in [-0.2, -0.15) is 0 Å². The Bertz CT molecular complexity index is 685. The largest absolute Gasteiger partial charge is 0.548 e. The zero-order valence-corrected chi connectivity index (χ0v) is 15.0. The molecule has 0 saturated heterocycles. The van der Waals surface area contributed by atoms with Crippen molar-refractivity contribution in [2.24, 2.45) is 5.92 Å². The SMILES string of the molecule is CC(C)C[C@H](C(=O)[O-])N1C(=O)c2c(Cl)c(Cl)c(Cl)c(Cl)c2C1=O. The van der Waals surface area contributed by atoms with Gasteiger partial charge in [-0.15, -0.1) is 0 Å². The van der Waals surface area contributed by atoms with Crippen LogP contribution >= 0.6 is 46.4 Å². The van der Waals surface area contributed by atoms with Crippen LogP contribution in [0.4, 0.5) is 0 Å². The van der Waals surface area contributed by atoms with Gasteiger partial charge < -0.3 is 9.90 Å². The number of aliphatic carboxylic acids is 1. The van der Waals surface area contributed by atoms with Crippen molar-refractivity contribution >= 4 is 64.2 Å². The molecule has 1 heterocycles. The lowest BCUT2D eigenvalue weighted by Gasteiger charge is -2.28. The highest BCUT2D eigenvalue weighted by molar-refractivity contribution is 6.55. The van der Waals surface area contributed by atoms with Crippen LogP contribution in [0.3, 0.4) is 0 Å². The number of nitrogens with zero attached hydrogens (tertiary/aromatic N) is 1. The van der Waals surface area contributed by atoms with E-state index in [4.69, 9.17) is 46.4 Å². The highest BCUT2D eigenvalue weighted by atomic mass is 35.5. The van der Waals surface area contributed by atoms with E-state index in [2.05, 4.69) is 0 Å². The van der Waals surface area contributed by atoms with E-state index in [1.165, 1.54) is 0 Å². The molecule has 0 saturated carbocycles. The number of carboxylic acids is 1. The summed E-state index contributed by atoms with van der Waals surface area (Å²) in [6.45, 7) is 3.50. The van der Waals surface area contributed by atoms with Gasteiger partial charge >= 0.3 is 0 Å². The first kappa shape index (κ1) is 18.3. The molecule has 0 N–H and O–H groups in total. The third kappa shape index (κ3) is 2.91. The number of halogens is 4. The quantitative estimate of drug-likeness (QED) is 0.444. The Labute approximate surface area is 152 Å². The second kappa shape index (κ2) is 6.48. The minimum atomic E-state index is -1.54. The van der Waals surface area contributed by atoms with Gasteiger partial charge in [0.1, 0.15) is 0 Å². The minimum absolute atomic E-state index is 0.0322. The van der Waals surface area contributed by atoms with E-state index in [0.29, 0.717) is 4.90 Å². The van der Waals surface area contributed by atoms with E-state index in [0.717, 1.165) is 0 Å². The van der Waals surface area contributed by atoms with Crippen LogP contribution in [-0.4, -0.2) is 28.7 Å². The van der Waals surface area contributed by atoms with Crippen molar-refractivity contribution in [2.45, 2.75) is 26.3 Å². The average molecular weight is 398 g/mol. The molecule has 2 rings (SSSR count). The molecule has 0 aliphatic carbocycles. The van der Waals surface area contributed by atoms with Crippen molar-refractivity contribution in [1.29, 1.82) is 0 Å². The van der Waals surface area contributed by atoms with Gasteiger partial charge in [0, 0.05) is 0 Å². The van der Waals surface area contributed by atoms with E-state index in [1.54, 1.807) is 13.8 Å². The van der Waals surface area contributed by atoms with E-state index in [9.17, 15) is 19.5 Å². The lowest BCUT2D eigenvalue weighted by atomic mass is 10.0. The summed E-state index contributed by atoms with van der Waals surface area (Å²) in [5, 5.41) is 10.6. The van der Waals surface area contributed by atoms with Gasteiger partial charge in [0.2, 0.25) is 0 Å². The summed E-state index contributed by atoms with van der Waals surface area (Å²) < 4.78 is 0. The predicted octanol–water partition coefficient (Wildman–Crippen LogP) is 3.06. The number of hydrogen-bond acceptors (Lipinski definition) is 4. The van der Waals surface area contributed by atoms with Crippen LogP contribution in [0.15, 0.2) is 0 Å². The Kier molecular flexibility index (Phi) is 5.16. The fourth-order valence-electron chi connectivity index (χ4n) is 2.40. The smallest absolute Gasteiger partial charge is 0.263 e. The summed E-state index contributed by atoms with van der Waals surface area (Å²) in [4.78, 5) is 37.1. The number of amides is 2. The summed E-state index contributed by atoms with van der Waals surface area (Å²) in [5.41, 5.74) is -0.489. The van der Waals surface area contributed by atoms with Crippen LogP contribution in [0.5, 0.6) is 0 Å². The molecule has 5 nitrogen and oxygen atoms in total. The maximum absolute atomic E-state index is 12.5. The monoisotopic (exact) mass is 396 g/mol. The molecule has 1 aliphatic rings. The van der Waals surface area contributed by atoms with Crippen LogP contribution < -0.4 is 5.11 Å². The topological polar surface area (TPSA) is 77.5 Å². The molecule has 0 radical (unpaired) electrons. The minimum Gasteiger partial charge on any atom is -0.548 e. The number of benzene rings is 1. The highest BCUT2D eigenvalue weighted by Crippen LogP contribution is 2.45. The molecule has 1 atom stereocenters. The summed E-state index contributed by atoms with van der Waals surface area (Å²) in [6, 6.07) is -1.44. The Balaban J connectivity index is 2.64. The predicted molar refractivity (Wildman–Crippen MR) is 85.2 cm³/mol. The standard InChI is InChI=1S/C14H11Cl4NO4/c1-4(2)3-5(14(22)23)19-12(20)6-7(13(19)21)9(16)11(18)10(17)8(6)15/h4-5H,3H2,1-2H3,(H,22,23)/p-1/t5-/m1/s1. The van der Waals surface area contributed by atoms with E-state index >= 15 is 0 Å². The molecule has 0 aromatic heterocycles. The number of imide groups is 1. The summed E-state index contributed by atoms with van der Waals surface area (Å²) in [7, 11) is 0. The molecule has 0 unspecified atom stereocenters. The fraction of sp³-hybridized carbons (Fsp3) is 0.357. The molecule has 1 aromatic rings. The van der Waals surface area contributed by atoms with Crippen LogP contribution in [-0.2, 0) is 4.79 Å². The number of rotatable bonds is 4. The molecule has 0 fully saturated rings. The van der Waals surface area contributed by atoms with Gasteiger partial charge in [-0.05, 0) is 12.3 Å². The van der Waals surface area contributed by atoms with Gasteiger partial charge in [-0.3, -0.25) is 14.5 Å². The van der Waals surface area contributed by atoms with Crippen molar-refractivity contribution in [1.82, 2.24) is 4.90 Å². The summed E-state index contributed by atoms with van der Waals surface area (Å²) in [5.74, 6) is -3.41. The Morgan fingerprint density at radius 2 is 1.35 bits per heavy atom. The molecular formula is C14H10Cl4NO4-. The van der Waals surface area contributed by atoms with Gasteiger partial charge in [-0.25, -0.2) is 0 Å². The first-order chi connectivity index (χ1) is 10.6. The second-order valence-corrected chi connectivity index (χ2v) is 6.96. The Morgan fingerprint density at radius 1 is 0.957 bits per heavy atom. The van der Waals surface area contributed by atoms with Crippen molar-refractivity contribution in [3.05, 3.63) is 31.2 Å². The number of carbonyl (C=O) groups excluding carboxylic acids is 3. The average Bonchev–Trinajstić information content (AvgIpc) is 2.71. The van der Waals surface area contributed by atoms with Crippen molar-refractivity contribution in [2.75, 3.05) is 0 Å². The highest BCUT2D eigenvalue weighted by Gasteiger charge is 2.45. The number of fused-ring (bicyclic) bond motifs is 1. The molecule has 1 aromatic carbocycles. The summed E-state index contributed by atoms with van der Waals surface area (Å²) in [6.07, 6.45) is 0.0322. The van der Waals surface area contributed by atoms with Crippen molar-refractivity contribution < 1.29 is 19.5 Å². The molecule has 2 amide bonds. The zero-order valence-electron chi connectivity index (χ0n) is 12.0. The Hall–Kier alpha value is -1.01. The van der Waals surface area contributed by atoms with Gasteiger partial charge in [-0.1, -0.05) is 60.3 Å². The lowest BCUT2D eigenvalue weighted by molar-refractivity contribution is -0.310. The normalized spacial score (nSPS) is 15.3. The van der Waals surface area contributed by atoms with Crippen LogP contribution in [0.1, 0.15) is 41.0 Å². The molecule has 0 bridgehead atoms. The second-order valence-electron chi connectivity index (χ2n) is 5.45. The van der Waals surface area contributed by atoms with Gasteiger partial charge in [0.25, 0.3) is 11.8 Å². The number of carbonyl (C=O) groups is 3. The van der Waals surface area contributed by atoms with Crippen LogP contribution in [0, 0.1) is 5.92 Å². The molecule has 9 heteroatoms. The summed E-state index contributed by atoms with van der Waals surface area (Å²) >= 11 is 23.8. The molecule has 124 valence electrons. The Morgan fingerprint density at radius 3 is 1.65 bits per heavy atom. The van der Waals surface area contributed by atoms with Crippen molar-refractivity contribution in [3.8, 4) is 0 Å². The third-order valence-electron chi connectivity index (χ3n) is 3.41. The maximum Gasteiger partial charge on any atom is 0.263 e.